The van der Waals surface area contributed by atoms with Crippen LogP contribution in [0, 0.1) is 0 Å². The van der Waals surface area contributed by atoms with Gasteiger partial charge in [0.15, 0.2) is 0 Å². The van der Waals surface area contributed by atoms with Gasteiger partial charge in [-0.15, -0.1) is 0 Å². The van der Waals surface area contributed by atoms with Gasteiger partial charge in [-0.1, -0.05) is 24.4 Å². The Kier molecular flexibility index (Phi) is 5.94. The summed E-state index contributed by atoms with van der Waals surface area (Å²) in [7, 11) is -3.61. The Bertz CT molecular complexity index is 703. The monoisotopic (exact) mass is 372 g/mol. The fraction of sp³-hybridized carbons (Fsp3) is 0.588. The molecule has 1 aliphatic heterocycles. The molecule has 0 bridgehead atoms. The zero-order valence-corrected chi connectivity index (χ0v) is 16.0. The molecule has 24 heavy (non-hydrogen) atoms. The molecule has 134 valence electrons. The normalized spacial score (nSPS) is 17.3. The molecule has 0 aromatic heterocycles. The standard InChI is InChI=1S/C17H25ClN2O3S/c1-17(2,3)19-16(21)14-12-13(8-9-15(14)18)24(22,23)20-10-6-4-5-7-11-20/h8-9,12H,4-7,10-11H2,1-3H3,(H,19,21). The topological polar surface area (TPSA) is 66.5 Å². The van der Waals surface area contributed by atoms with E-state index in [9.17, 15) is 13.2 Å². The molecular formula is C17H25ClN2O3S. The van der Waals surface area contributed by atoms with Gasteiger partial charge in [0.05, 0.1) is 15.5 Å². The van der Waals surface area contributed by atoms with E-state index in [4.69, 9.17) is 11.6 Å². The van der Waals surface area contributed by atoms with E-state index in [0.717, 1.165) is 25.7 Å². The number of carbonyl (C=O) groups excluding carboxylic acids is 1. The third-order valence-electron chi connectivity index (χ3n) is 3.87. The summed E-state index contributed by atoms with van der Waals surface area (Å²) >= 11 is 6.11. The van der Waals surface area contributed by atoms with Crippen LogP contribution in [0.3, 0.4) is 0 Å². The van der Waals surface area contributed by atoms with Crippen LogP contribution in [0.25, 0.3) is 0 Å². The number of nitrogens with one attached hydrogen (secondary N) is 1. The molecule has 0 aliphatic carbocycles. The number of carbonyl (C=O) groups is 1. The van der Waals surface area contributed by atoms with Crippen molar-refractivity contribution in [2.75, 3.05) is 13.1 Å². The number of nitrogens with zero attached hydrogens (tertiary/aromatic N) is 1. The maximum Gasteiger partial charge on any atom is 0.253 e. The minimum Gasteiger partial charge on any atom is -0.347 e. The second kappa shape index (κ2) is 7.42. The molecular weight excluding hydrogens is 348 g/mol. The first-order chi connectivity index (χ1) is 11.1. The highest BCUT2D eigenvalue weighted by Gasteiger charge is 2.27. The van der Waals surface area contributed by atoms with Crippen LogP contribution in [0.1, 0.15) is 56.8 Å². The van der Waals surface area contributed by atoms with Crippen molar-refractivity contribution in [1.29, 1.82) is 0 Å². The van der Waals surface area contributed by atoms with Crippen LogP contribution < -0.4 is 5.32 Å². The first-order valence-electron chi connectivity index (χ1n) is 8.23. The van der Waals surface area contributed by atoms with E-state index >= 15 is 0 Å². The third-order valence-corrected chi connectivity index (χ3v) is 6.10. The number of hydrogen-bond donors (Lipinski definition) is 1. The minimum absolute atomic E-state index is 0.118. The van der Waals surface area contributed by atoms with Gasteiger partial charge in [0.1, 0.15) is 0 Å². The van der Waals surface area contributed by atoms with Gasteiger partial charge in [-0.3, -0.25) is 4.79 Å². The van der Waals surface area contributed by atoms with Gasteiger partial charge in [-0.2, -0.15) is 4.31 Å². The van der Waals surface area contributed by atoms with Crippen molar-refractivity contribution < 1.29 is 13.2 Å². The maximum atomic E-state index is 12.9. The summed E-state index contributed by atoms with van der Waals surface area (Å²) in [5.74, 6) is -0.375. The maximum absolute atomic E-state index is 12.9. The van der Waals surface area contributed by atoms with E-state index in [0.29, 0.717) is 13.1 Å². The summed E-state index contributed by atoms with van der Waals surface area (Å²) in [5, 5.41) is 3.05. The van der Waals surface area contributed by atoms with Crippen LogP contribution in [0.5, 0.6) is 0 Å². The quantitative estimate of drug-likeness (QED) is 0.883. The highest BCUT2D eigenvalue weighted by molar-refractivity contribution is 7.89. The smallest absolute Gasteiger partial charge is 0.253 e. The Morgan fingerprint density at radius 2 is 1.71 bits per heavy atom. The van der Waals surface area contributed by atoms with E-state index in [1.54, 1.807) is 0 Å². The lowest BCUT2D eigenvalue weighted by molar-refractivity contribution is 0.0919. The highest BCUT2D eigenvalue weighted by atomic mass is 35.5. The summed E-state index contributed by atoms with van der Waals surface area (Å²) in [6, 6.07) is 4.32. The van der Waals surface area contributed by atoms with Crippen molar-refractivity contribution in [3.63, 3.8) is 0 Å². The SMILES string of the molecule is CC(C)(C)NC(=O)c1cc(S(=O)(=O)N2CCCCCC2)ccc1Cl. The van der Waals surface area contributed by atoms with Crippen LogP contribution in [0.15, 0.2) is 23.1 Å². The molecule has 7 heteroatoms. The number of benzene rings is 1. The van der Waals surface area contributed by atoms with Gasteiger partial charge in [-0.25, -0.2) is 8.42 Å². The number of sulfonamides is 1. The van der Waals surface area contributed by atoms with Crippen LogP contribution in [0.2, 0.25) is 5.02 Å². The van der Waals surface area contributed by atoms with E-state index in [1.165, 1.54) is 22.5 Å². The molecule has 1 amide bonds. The average Bonchev–Trinajstić information content (AvgIpc) is 2.75. The second-order valence-electron chi connectivity index (χ2n) is 7.16. The minimum atomic E-state index is -3.61. The zero-order chi connectivity index (χ0) is 18.0. The summed E-state index contributed by atoms with van der Waals surface area (Å²) in [4.78, 5) is 12.5. The molecule has 1 aromatic rings. The van der Waals surface area contributed by atoms with Crippen molar-refractivity contribution in [3.8, 4) is 0 Å². The third kappa shape index (κ3) is 4.71. The molecule has 0 saturated carbocycles. The first kappa shape index (κ1) is 19.2. The Balaban J connectivity index is 2.34. The molecule has 2 rings (SSSR count). The predicted octanol–water partition coefficient (Wildman–Crippen LogP) is 3.43. The van der Waals surface area contributed by atoms with Gasteiger partial charge < -0.3 is 5.32 Å². The van der Waals surface area contributed by atoms with Crippen molar-refractivity contribution in [2.24, 2.45) is 0 Å². The van der Waals surface area contributed by atoms with Crippen LogP contribution >= 0.6 is 11.6 Å². The van der Waals surface area contributed by atoms with Crippen LogP contribution in [-0.4, -0.2) is 37.3 Å². The van der Waals surface area contributed by atoms with Gasteiger partial charge in [0.25, 0.3) is 5.91 Å². The lowest BCUT2D eigenvalue weighted by Gasteiger charge is -2.22. The molecule has 0 radical (unpaired) electrons. The number of halogens is 1. The van der Waals surface area contributed by atoms with Gasteiger partial charge in [0.2, 0.25) is 10.0 Å². The number of hydrogen-bond acceptors (Lipinski definition) is 3. The van der Waals surface area contributed by atoms with Crippen molar-refractivity contribution in [1.82, 2.24) is 9.62 Å². The Labute approximate surface area is 149 Å². The first-order valence-corrected chi connectivity index (χ1v) is 10.1. The zero-order valence-electron chi connectivity index (χ0n) is 14.4. The molecule has 1 fully saturated rings. The largest absolute Gasteiger partial charge is 0.347 e. The van der Waals surface area contributed by atoms with Crippen molar-refractivity contribution in [2.45, 2.75) is 56.9 Å². The molecule has 1 heterocycles. The van der Waals surface area contributed by atoms with Crippen LogP contribution in [0.4, 0.5) is 0 Å². The van der Waals surface area contributed by atoms with Crippen molar-refractivity contribution >= 4 is 27.5 Å². The van der Waals surface area contributed by atoms with Gasteiger partial charge in [-0.05, 0) is 51.8 Å². The molecule has 0 unspecified atom stereocenters. The Morgan fingerprint density at radius 1 is 1.12 bits per heavy atom. The number of amides is 1. The van der Waals surface area contributed by atoms with Crippen molar-refractivity contribution in [3.05, 3.63) is 28.8 Å². The lowest BCUT2D eigenvalue weighted by Crippen LogP contribution is -2.40. The average molecular weight is 373 g/mol. The second-order valence-corrected chi connectivity index (χ2v) is 9.51. The van der Waals surface area contributed by atoms with Crippen LogP contribution in [-0.2, 0) is 10.0 Å². The summed E-state index contributed by atoms with van der Waals surface area (Å²) in [6.07, 6.45) is 3.83. The predicted molar refractivity (Wildman–Crippen MR) is 95.9 cm³/mol. The molecule has 1 N–H and O–H groups in total. The molecule has 1 aromatic carbocycles. The summed E-state index contributed by atoms with van der Waals surface area (Å²) in [6.45, 7) is 6.62. The van der Waals surface area contributed by atoms with E-state index < -0.39 is 15.6 Å². The summed E-state index contributed by atoms with van der Waals surface area (Å²) < 4.78 is 27.2. The van der Waals surface area contributed by atoms with E-state index in [-0.39, 0.29) is 21.4 Å². The molecule has 5 nitrogen and oxygen atoms in total. The molecule has 0 atom stereocenters. The Morgan fingerprint density at radius 3 is 2.25 bits per heavy atom. The highest BCUT2D eigenvalue weighted by Crippen LogP contribution is 2.25. The molecule has 1 saturated heterocycles. The van der Waals surface area contributed by atoms with Gasteiger partial charge in [0, 0.05) is 18.6 Å². The Hall–Kier alpha value is -1.11. The fourth-order valence-electron chi connectivity index (χ4n) is 2.68. The lowest BCUT2D eigenvalue weighted by atomic mass is 10.1. The number of rotatable bonds is 3. The molecule has 1 aliphatic rings. The van der Waals surface area contributed by atoms with Gasteiger partial charge >= 0.3 is 0 Å². The van der Waals surface area contributed by atoms with E-state index in [1.807, 2.05) is 20.8 Å². The molecule has 0 spiro atoms. The fourth-order valence-corrected chi connectivity index (χ4v) is 4.43. The van der Waals surface area contributed by atoms with E-state index in [2.05, 4.69) is 5.32 Å². The summed E-state index contributed by atoms with van der Waals surface area (Å²) in [5.41, 5.74) is -0.248.